The monoisotopic (exact) mass is 312 g/mol. The lowest BCUT2D eigenvalue weighted by atomic mass is 10.2. The van der Waals surface area contributed by atoms with Gasteiger partial charge < -0.3 is 5.32 Å². The van der Waals surface area contributed by atoms with Gasteiger partial charge in [0.05, 0.1) is 6.26 Å². The van der Waals surface area contributed by atoms with Crippen molar-refractivity contribution >= 4 is 21.4 Å². The molecule has 2 N–H and O–H groups in total. The second kappa shape index (κ2) is 6.09. The molecule has 7 heteroatoms. The van der Waals surface area contributed by atoms with E-state index in [-0.39, 0.29) is 6.54 Å². The molecule has 2 rings (SSSR count). The van der Waals surface area contributed by atoms with Gasteiger partial charge in [0.1, 0.15) is 11.6 Å². The summed E-state index contributed by atoms with van der Waals surface area (Å²) in [5.74, 6) is -1.23. The molecule has 112 valence electrons. The minimum absolute atomic E-state index is 0.199. The standard InChI is InChI=1S/C14H14F2N2O2S/c1-21(19,20)18-13-6-4-12(5-7-13)17-9-10-2-3-11(15)8-14(10)16/h2-8,17-18H,9H2,1H3. The van der Waals surface area contributed by atoms with Crippen LogP contribution in [0.5, 0.6) is 0 Å². The van der Waals surface area contributed by atoms with Gasteiger partial charge in [-0.05, 0) is 30.3 Å². The van der Waals surface area contributed by atoms with E-state index in [1.807, 2.05) is 0 Å². The molecule has 2 aromatic carbocycles. The smallest absolute Gasteiger partial charge is 0.229 e. The largest absolute Gasteiger partial charge is 0.381 e. The van der Waals surface area contributed by atoms with Gasteiger partial charge in [0.25, 0.3) is 0 Å². The van der Waals surface area contributed by atoms with Gasteiger partial charge in [-0.25, -0.2) is 17.2 Å². The molecule has 0 saturated carbocycles. The van der Waals surface area contributed by atoms with Crippen molar-refractivity contribution in [2.45, 2.75) is 6.54 Å². The summed E-state index contributed by atoms with van der Waals surface area (Å²) < 4.78 is 50.7. The highest BCUT2D eigenvalue weighted by molar-refractivity contribution is 7.92. The highest BCUT2D eigenvalue weighted by Gasteiger charge is 2.04. The van der Waals surface area contributed by atoms with E-state index in [1.54, 1.807) is 24.3 Å². The molecule has 0 unspecified atom stereocenters. The molecule has 0 aliphatic carbocycles. The van der Waals surface area contributed by atoms with Crippen molar-refractivity contribution in [3.63, 3.8) is 0 Å². The van der Waals surface area contributed by atoms with Crippen molar-refractivity contribution in [1.29, 1.82) is 0 Å². The molecule has 0 bridgehead atoms. The molecule has 2 aromatic rings. The summed E-state index contributed by atoms with van der Waals surface area (Å²) >= 11 is 0. The zero-order chi connectivity index (χ0) is 15.5. The van der Waals surface area contributed by atoms with Crippen molar-refractivity contribution in [3.8, 4) is 0 Å². The predicted molar refractivity (Wildman–Crippen MR) is 78.6 cm³/mol. The van der Waals surface area contributed by atoms with Crippen LogP contribution in [0.1, 0.15) is 5.56 Å². The number of rotatable bonds is 5. The highest BCUT2D eigenvalue weighted by Crippen LogP contribution is 2.16. The molecular formula is C14H14F2N2O2S. The Kier molecular flexibility index (Phi) is 4.42. The van der Waals surface area contributed by atoms with Crippen LogP contribution < -0.4 is 10.0 Å². The number of sulfonamides is 1. The van der Waals surface area contributed by atoms with Gasteiger partial charge in [0.15, 0.2) is 0 Å². The summed E-state index contributed by atoms with van der Waals surface area (Å²) in [6, 6.07) is 9.89. The van der Waals surface area contributed by atoms with Crippen LogP contribution in [0, 0.1) is 11.6 Å². The fourth-order valence-corrected chi connectivity index (χ4v) is 2.30. The molecule has 0 aliphatic heterocycles. The number of nitrogens with one attached hydrogen (secondary N) is 2. The molecule has 21 heavy (non-hydrogen) atoms. The first-order valence-electron chi connectivity index (χ1n) is 6.09. The Morgan fingerprint density at radius 3 is 2.19 bits per heavy atom. The fraction of sp³-hybridized carbons (Fsp3) is 0.143. The lowest BCUT2D eigenvalue weighted by Gasteiger charge is -2.09. The maximum atomic E-state index is 13.4. The minimum atomic E-state index is -3.31. The lowest BCUT2D eigenvalue weighted by Crippen LogP contribution is -2.09. The molecule has 0 fully saturated rings. The van der Waals surface area contributed by atoms with Gasteiger partial charge in [-0.2, -0.15) is 0 Å². The number of hydrogen-bond donors (Lipinski definition) is 2. The van der Waals surface area contributed by atoms with E-state index in [1.165, 1.54) is 12.1 Å². The Morgan fingerprint density at radius 2 is 1.62 bits per heavy atom. The van der Waals surface area contributed by atoms with Crippen LogP contribution in [-0.4, -0.2) is 14.7 Å². The number of halogens is 2. The van der Waals surface area contributed by atoms with Crippen LogP contribution in [0.2, 0.25) is 0 Å². The average Bonchev–Trinajstić information content (AvgIpc) is 2.38. The summed E-state index contributed by atoms with van der Waals surface area (Å²) in [6.45, 7) is 0.199. The Hall–Kier alpha value is -2.15. The maximum absolute atomic E-state index is 13.4. The summed E-state index contributed by atoms with van der Waals surface area (Å²) in [7, 11) is -3.31. The third-order valence-electron chi connectivity index (χ3n) is 2.69. The third-order valence-corrected chi connectivity index (χ3v) is 3.29. The third kappa shape index (κ3) is 4.71. The van der Waals surface area contributed by atoms with E-state index < -0.39 is 21.7 Å². The highest BCUT2D eigenvalue weighted by atomic mass is 32.2. The lowest BCUT2D eigenvalue weighted by molar-refractivity contribution is 0.574. The van der Waals surface area contributed by atoms with Gasteiger partial charge in [0, 0.05) is 29.5 Å². The molecule has 0 saturated heterocycles. The molecule has 0 amide bonds. The van der Waals surface area contributed by atoms with E-state index in [0.29, 0.717) is 16.9 Å². The van der Waals surface area contributed by atoms with Gasteiger partial charge >= 0.3 is 0 Å². The molecule has 0 aromatic heterocycles. The molecule has 0 atom stereocenters. The first-order valence-corrected chi connectivity index (χ1v) is 7.98. The van der Waals surface area contributed by atoms with E-state index in [2.05, 4.69) is 10.0 Å². The zero-order valence-electron chi connectivity index (χ0n) is 11.2. The van der Waals surface area contributed by atoms with Crippen molar-refractivity contribution in [2.75, 3.05) is 16.3 Å². The second-order valence-corrected chi connectivity index (χ2v) is 6.29. The molecular weight excluding hydrogens is 298 g/mol. The summed E-state index contributed by atoms with van der Waals surface area (Å²) in [6.07, 6.45) is 1.07. The van der Waals surface area contributed by atoms with Gasteiger partial charge in [0.2, 0.25) is 10.0 Å². The number of benzene rings is 2. The first-order chi connectivity index (χ1) is 9.83. The quantitative estimate of drug-likeness (QED) is 0.892. The van der Waals surface area contributed by atoms with Crippen LogP contribution in [0.3, 0.4) is 0 Å². The van der Waals surface area contributed by atoms with Crippen molar-refractivity contribution in [3.05, 3.63) is 59.7 Å². The van der Waals surface area contributed by atoms with Crippen LogP contribution in [0.15, 0.2) is 42.5 Å². The minimum Gasteiger partial charge on any atom is -0.381 e. The van der Waals surface area contributed by atoms with Crippen LogP contribution in [0.25, 0.3) is 0 Å². The number of hydrogen-bond acceptors (Lipinski definition) is 3. The summed E-state index contributed by atoms with van der Waals surface area (Å²) in [5.41, 5.74) is 1.48. The van der Waals surface area contributed by atoms with Gasteiger partial charge in [-0.15, -0.1) is 0 Å². The van der Waals surface area contributed by atoms with Crippen LogP contribution >= 0.6 is 0 Å². The van der Waals surface area contributed by atoms with E-state index in [9.17, 15) is 17.2 Å². The average molecular weight is 312 g/mol. The Balaban J connectivity index is 2.00. The van der Waals surface area contributed by atoms with Crippen LogP contribution in [-0.2, 0) is 16.6 Å². The normalized spacial score (nSPS) is 11.2. The second-order valence-electron chi connectivity index (χ2n) is 4.54. The molecule has 0 heterocycles. The fourth-order valence-electron chi connectivity index (χ4n) is 1.73. The molecule has 0 aliphatic rings. The van der Waals surface area contributed by atoms with E-state index in [4.69, 9.17) is 0 Å². The summed E-state index contributed by atoms with van der Waals surface area (Å²) in [4.78, 5) is 0. The topological polar surface area (TPSA) is 58.2 Å². The number of anilines is 2. The maximum Gasteiger partial charge on any atom is 0.229 e. The Bertz CT molecular complexity index is 731. The molecule has 4 nitrogen and oxygen atoms in total. The van der Waals surface area contributed by atoms with Gasteiger partial charge in [-0.1, -0.05) is 6.07 Å². The van der Waals surface area contributed by atoms with E-state index >= 15 is 0 Å². The zero-order valence-corrected chi connectivity index (χ0v) is 12.0. The Labute approximate surface area is 121 Å². The Morgan fingerprint density at radius 1 is 1.00 bits per heavy atom. The van der Waals surface area contributed by atoms with E-state index in [0.717, 1.165) is 12.3 Å². The first kappa shape index (κ1) is 15.2. The summed E-state index contributed by atoms with van der Waals surface area (Å²) in [5, 5.41) is 2.97. The van der Waals surface area contributed by atoms with Crippen molar-refractivity contribution < 1.29 is 17.2 Å². The van der Waals surface area contributed by atoms with Crippen molar-refractivity contribution in [2.24, 2.45) is 0 Å². The van der Waals surface area contributed by atoms with Crippen molar-refractivity contribution in [1.82, 2.24) is 0 Å². The SMILES string of the molecule is CS(=O)(=O)Nc1ccc(NCc2ccc(F)cc2F)cc1. The molecule has 0 spiro atoms. The van der Waals surface area contributed by atoms with Gasteiger partial charge in [-0.3, -0.25) is 4.72 Å². The predicted octanol–water partition coefficient (Wildman–Crippen LogP) is 2.95. The molecule has 0 radical (unpaired) electrons. The van der Waals surface area contributed by atoms with Crippen LogP contribution in [0.4, 0.5) is 20.2 Å².